The van der Waals surface area contributed by atoms with Crippen LogP contribution in [0.1, 0.15) is 58.8 Å². The lowest BCUT2D eigenvalue weighted by molar-refractivity contribution is 0.142. The van der Waals surface area contributed by atoms with Crippen molar-refractivity contribution in [2.75, 3.05) is 13.2 Å². The van der Waals surface area contributed by atoms with Gasteiger partial charge in [0.1, 0.15) is 0 Å². The van der Waals surface area contributed by atoms with E-state index in [2.05, 4.69) is 13.8 Å². The highest BCUT2D eigenvalue weighted by Crippen LogP contribution is 2.35. The summed E-state index contributed by atoms with van der Waals surface area (Å²) in [6.45, 7) is 5.22. The third-order valence-corrected chi connectivity index (χ3v) is 4.62. The van der Waals surface area contributed by atoms with Crippen molar-refractivity contribution in [3.8, 4) is 0 Å². The molecule has 0 aromatic heterocycles. The molecule has 0 heterocycles. The Labute approximate surface area is 106 Å². The van der Waals surface area contributed by atoms with E-state index >= 15 is 0 Å². The number of aliphatic hydroxyl groups excluding tert-OH is 2. The Kier molecular flexibility index (Phi) is 7.14. The first-order chi connectivity index (χ1) is 8.17. The normalized spacial score (nSPS) is 28.9. The molecule has 1 aliphatic rings. The van der Waals surface area contributed by atoms with Gasteiger partial charge < -0.3 is 10.2 Å². The molecule has 0 bridgehead atoms. The predicted octanol–water partition coefficient (Wildman–Crippen LogP) is 3.22. The van der Waals surface area contributed by atoms with Crippen LogP contribution in [-0.2, 0) is 0 Å². The Morgan fingerprint density at radius 3 is 2.18 bits per heavy atom. The molecule has 2 heteroatoms. The van der Waals surface area contributed by atoms with Gasteiger partial charge in [-0.25, -0.2) is 0 Å². The van der Waals surface area contributed by atoms with Crippen LogP contribution in [0.5, 0.6) is 0 Å². The number of hydrogen-bond acceptors (Lipinski definition) is 2. The van der Waals surface area contributed by atoms with Crippen LogP contribution in [-0.4, -0.2) is 23.4 Å². The van der Waals surface area contributed by atoms with E-state index in [-0.39, 0.29) is 0 Å². The Morgan fingerprint density at radius 1 is 1.00 bits per heavy atom. The molecule has 1 rings (SSSR count). The fraction of sp³-hybridized carbons (Fsp3) is 1.00. The van der Waals surface area contributed by atoms with Crippen LogP contribution in [0, 0.1) is 23.7 Å². The Bertz CT molecular complexity index is 185. The predicted molar refractivity (Wildman–Crippen MR) is 71.8 cm³/mol. The van der Waals surface area contributed by atoms with Gasteiger partial charge in [-0.1, -0.05) is 26.7 Å². The van der Waals surface area contributed by atoms with Gasteiger partial charge in [-0.15, -0.1) is 0 Å². The number of hydrogen-bond donors (Lipinski definition) is 2. The van der Waals surface area contributed by atoms with Gasteiger partial charge in [0.25, 0.3) is 0 Å². The van der Waals surface area contributed by atoms with E-state index in [4.69, 9.17) is 10.2 Å². The SMILES string of the molecule is CC(CO)CCCC(C)C1CCC(CO)CC1. The van der Waals surface area contributed by atoms with Crippen LogP contribution in [0.4, 0.5) is 0 Å². The third kappa shape index (κ3) is 5.39. The molecule has 1 aliphatic carbocycles. The minimum absolute atomic E-state index is 0.329. The molecule has 2 nitrogen and oxygen atoms in total. The minimum atomic E-state index is 0.329. The van der Waals surface area contributed by atoms with Gasteiger partial charge in [0.15, 0.2) is 0 Å². The van der Waals surface area contributed by atoms with Crippen LogP contribution in [0.2, 0.25) is 0 Å². The van der Waals surface area contributed by atoms with Crippen molar-refractivity contribution in [3.63, 3.8) is 0 Å². The molecule has 0 amide bonds. The number of aliphatic hydroxyl groups is 2. The second-order valence-electron chi connectivity index (χ2n) is 6.16. The molecule has 0 radical (unpaired) electrons. The van der Waals surface area contributed by atoms with Crippen molar-refractivity contribution in [2.45, 2.75) is 58.8 Å². The molecule has 0 aromatic carbocycles. The first-order valence-electron chi connectivity index (χ1n) is 7.39. The molecule has 0 saturated heterocycles. The highest BCUT2D eigenvalue weighted by Gasteiger charge is 2.24. The second kappa shape index (κ2) is 8.10. The second-order valence-corrected chi connectivity index (χ2v) is 6.16. The standard InChI is InChI=1S/C15H30O2/c1-12(10-16)4-3-5-13(2)15-8-6-14(11-17)7-9-15/h12-17H,3-11H2,1-2H3. The summed E-state index contributed by atoms with van der Waals surface area (Å²) < 4.78 is 0. The Morgan fingerprint density at radius 2 is 1.65 bits per heavy atom. The van der Waals surface area contributed by atoms with Crippen LogP contribution >= 0.6 is 0 Å². The molecule has 102 valence electrons. The smallest absolute Gasteiger partial charge is 0.0459 e. The fourth-order valence-corrected chi connectivity index (χ4v) is 3.06. The average Bonchev–Trinajstić information content (AvgIpc) is 2.38. The van der Waals surface area contributed by atoms with Crippen LogP contribution in [0.25, 0.3) is 0 Å². The summed E-state index contributed by atoms with van der Waals surface area (Å²) in [7, 11) is 0. The van der Waals surface area contributed by atoms with Crippen molar-refractivity contribution in [2.24, 2.45) is 23.7 Å². The lowest BCUT2D eigenvalue weighted by Gasteiger charge is -2.31. The monoisotopic (exact) mass is 242 g/mol. The molecular weight excluding hydrogens is 212 g/mol. The summed E-state index contributed by atoms with van der Waals surface area (Å²) in [6, 6.07) is 0. The summed E-state index contributed by atoms with van der Waals surface area (Å²) in [4.78, 5) is 0. The minimum Gasteiger partial charge on any atom is -0.396 e. The zero-order valence-corrected chi connectivity index (χ0v) is 11.6. The molecule has 0 spiro atoms. The molecule has 17 heavy (non-hydrogen) atoms. The maximum atomic E-state index is 9.12. The van der Waals surface area contributed by atoms with Crippen molar-refractivity contribution in [1.82, 2.24) is 0 Å². The summed E-state index contributed by atoms with van der Waals surface area (Å²) in [6.07, 6.45) is 8.77. The molecule has 0 aliphatic heterocycles. The van der Waals surface area contributed by atoms with Crippen molar-refractivity contribution in [3.05, 3.63) is 0 Å². The van der Waals surface area contributed by atoms with Crippen LogP contribution < -0.4 is 0 Å². The van der Waals surface area contributed by atoms with Crippen LogP contribution in [0.15, 0.2) is 0 Å². The van der Waals surface area contributed by atoms with Crippen molar-refractivity contribution < 1.29 is 10.2 Å². The van der Waals surface area contributed by atoms with Crippen molar-refractivity contribution in [1.29, 1.82) is 0 Å². The molecule has 1 fully saturated rings. The van der Waals surface area contributed by atoms with Gasteiger partial charge in [-0.2, -0.15) is 0 Å². The Hall–Kier alpha value is -0.0800. The lowest BCUT2D eigenvalue weighted by Crippen LogP contribution is -2.22. The van der Waals surface area contributed by atoms with E-state index in [1.54, 1.807) is 0 Å². The van der Waals surface area contributed by atoms with E-state index in [1.807, 2.05) is 0 Å². The zero-order valence-electron chi connectivity index (χ0n) is 11.6. The van der Waals surface area contributed by atoms with E-state index in [9.17, 15) is 0 Å². The van der Waals surface area contributed by atoms with E-state index in [0.29, 0.717) is 25.0 Å². The van der Waals surface area contributed by atoms with Gasteiger partial charge in [0.2, 0.25) is 0 Å². The fourth-order valence-electron chi connectivity index (χ4n) is 3.06. The average molecular weight is 242 g/mol. The molecule has 2 atom stereocenters. The van der Waals surface area contributed by atoms with Crippen molar-refractivity contribution >= 4 is 0 Å². The summed E-state index contributed by atoms with van der Waals surface area (Å²) >= 11 is 0. The highest BCUT2D eigenvalue weighted by atomic mass is 16.3. The van der Waals surface area contributed by atoms with Gasteiger partial charge in [-0.05, 0) is 55.8 Å². The molecule has 0 aromatic rings. The Balaban J connectivity index is 2.13. The van der Waals surface area contributed by atoms with Gasteiger partial charge in [-0.3, -0.25) is 0 Å². The highest BCUT2D eigenvalue weighted by molar-refractivity contribution is 4.75. The maximum Gasteiger partial charge on any atom is 0.0459 e. The quantitative estimate of drug-likeness (QED) is 0.719. The van der Waals surface area contributed by atoms with Gasteiger partial charge in [0, 0.05) is 13.2 Å². The first kappa shape index (κ1) is 15.0. The largest absolute Gasteiger partial charge is 0.396 e. The van der Waals surface area contributed by atoms with Gasteiger partial charge >= 0.3 is 0 Å². The maximum absolute atomic E-state index is 9.12. The van der Waals surface area contributed by atoms with E-state index < -0.39 is 0 Å². The molecule has 2 N–H and O–H groups in total. The number of rotatable bonds is 7. The zero-order chi connectivity index (χ0) is 12.7. The van der Waals surface area contributed by atoms with E-state index in [1.165, 1.54) is 38.5 Å². The molecule has 2 unspecified atom stereocenters. The lowest BCUT2D eigenvalue weighted by atomic mass is 9.75. The van der Waals surface area contributed by atoms with E-state index in [0.717, 1.165) is 18.3 Å². The van der Waals surface area contributed by atoms with Crippen LogP contribution in [0.3, 0.4) is 0 Å². The summed E-state index contributed by atoms with van der Waals surface area (Å²) in [5.74, 6) is 2.74. The molecule has 1 saturated carbocycles. The third-order valence-electron chi connectivity index (χ3n) is 4.62. The van der Waals surface area contributed by atoms with Gasteiger partial charge in [0.05, 0.1) is 0 Å². The topological polar surface area (TPSA) is 40.5 Å². The first-order valence-corrected chi connectivity index (χ1v) is 7.39. The molecular formula is C15H30O2. The summed E-state index contributed by atoms with van der Waals surface area (Å²) in [5.41, 5.74) is 0. The summed E-state index contributed by atoms with van der Waals surface area (Å²) in [5, 5.41) is 18.1.